The van der Waals surface area contributed by atoms with E-state index in [9.17, 15) is 19.5 Å². The van der Waals surface area contributed by atoms with Gasteiger partial charge in [-0.3, -0.25) is 9.59 Å². The number of amides is 2. The van der Waals surface area contributed by atoms with Gasteiger partial charge in [0.2, 0.25) is 11.8 Å². The van der Waals surface area contributed by atoms with E-state index in [-0.39, 0.29) is 5.92 Å². The molecule has 0 aliphatic rings. The summed E-state index contributed by atoms with van der Waals surface area (Å²) in [5.41, 5.74) is 5.29. The van der Waals surface area contributed by atoms with Crippen molar-refractivity contribution in [2.75, 3.05) is 6.61 Å². The van der Waals surface area contributed by atoms with Gasteiger partial charge < -0.3 is 31.7 Å². The Balaban J connectivity index is 4.92. The highest BCUT2D eigenvalue weighted by Gasteiger charge is 2.31. The van der Waals surface area contributed by atoms with Crippen molar-refractivity contribution < 1.29 is 29.7 Å². The molecule has 2 amide bonds. The van der Waals surface area contributed by atoms with E-state index in [1.165, 1.54) is 6.92 Å². The van der Waals surface area contributed by atoms with Gasteiger partial charge in [-0.1, -0.05) is 13.8 Å². The van der Waals surface area contributed by atoms with Gasteiger partial charge in [0.15, 0.2) is 0 Å². The normalized spacial score (nSPS) is 16.7. The van der Waals surface area contributed by atoms with Crippen molar-refractivity contribution in [3.05, 3.63) is 0 Å². The number of aliphatic carboxylic acids is 1. The molecule has 0 aromatic rings. The van der Waals surface area contributed by atoms with Crippen molar-refractivity contribution in [1.82, 2.24) is 10.6 Å². The molecule has 0 radical (unpaired) electrons. The Hall–Kier alpha value is -1.71. The van der Waals surface area contributed by atoms with E-state index in [0.717, 1.165) is 0 Å². The summed E-state index contributed by atoms with van der Waals surface area (Å²) in [7, 11) is 0. The fourth-order valence-corrected chi connectivity index (χ4v) is 1.51. The Morgan fingerprint density at radius 2 is 1.52 bits per heavy atom. The van der Waals surface area contributed by atoms with E-state index in [2.05, 4.69) is 10.6 Å². The summed E-state index contributed by atoms with van der Waals surface area (Å²) in [6.07, 6.45) is -1.26. The number of carboxylic acid groups (broad SMARTS) is 1. The minimum Gasteiger partial charge on any atom is -0.480 e. The predicted molar refractivity (Wildman–Crippen MR) is 73.1 cm³/mol. The smallest absolute Gasteiger partial charge is 0.326 e. The third-order valence-electron chi connectivity index (χ3n) is 2.83. The number of carbonyl (C=O) groups is 3. The second-order valence-corrected chi connectivity index (χ2v) is 5.08. The van der Waals surface area contributed by atoms with Crippen molar-refractivity contribution in [2.24, 2.45) is 11.7 Å². The molecular formula is C12H23N3O6. The maximum atomic E-state index is 12.0. The molecule has 9 nitrogen and oxygen atoms in total. The van der Waals surface area contributed by atoms with Gasteiger partial charge in [0, 0.05) is 0 Å². The molecule has 0 saturated carbocycles. The molecule has 0 heterocycles. The van der Waals surface area contributed by atoms with Crippen LogP contribution in [0.25, 0.3) is 0 Å². The van der Waals surface area contributed by atoms with E-state index in [4.69, 9.17) is 15.9 Å². The van der Waals surface area contributed by atoms with E-state index in [0.29, 0.717) is 0 Å². The minimum atomic E-state index is -1.37. The van der Waals surface area contributed by atoms with Gasteiger partial charge >= 0.3 is 5.97 Å². The van der Waals surface area contributed by atoms with E-state index >= 15 is 0 Å². The number of aliphatic hydroxyl groups excluding tert-OH is 2. The summed E-state index contributed by atoms with van der Waals surface area (Å²) in [5.74, 6) is -3.27. The number of hydrogen-bond acceptors (Lipinski definition) is 6. The average molecular weight is 305 g/mol. The van der Waals surface area contributed by atoms with Crippen LogP contribution in [-0.4, -0.2) is 63.9 Å². The fraction of sp³-hybridized carbons (Fsp3) is 0.750. The molecule has 122 valence electrons. The summed E-state index contributed by atoms with van der Waals surface area (Å²) in [5, 5.41) is 31.7. The van der Waals surface area contributed by atoms with Gasteiger partial charge in [-0.05, 0) is 12.8 Å². The Morgan fingerprint density at radius 1 is 1.05 bits per heavy atom. The van der Waals surface area contributed by atoms with Gasteiger partial charge in [0.05, 0.1) is 12.7 Å². The highest BCUT2D eigenvalue weighted by molar-refractivity contribution is 5.92. The third kappa shape index (κ3) is 6.06. The molecule has 0 bridgehead atoms. The number of nitrogens with one attached hydrogen (secondary N) is 2. The number of carboxylic acids is 1. The van der Waals surface area contributed by atoms with Crippen LogP contribution in [0, 0.1) is 5.92 Å². The van der Waals surface area contributed by atoms with Crippen molar-refractivity contribution in [3.63, 3.8) is 0 Å². The van der Waals surface area contributed by atoms with E-state index in [1.54, 1.807) is 13.8 Å². The second kappa shape index (κ2) is 8.55. The fourth-order valence-electron chi connectivity index (χ4n) is 1.51. The van der Waals surface area contributed by atoms with Crippen molar-refractivity contribution in [3.8, 4) is 0 Å². The standard InChI is InChI=1S/C12H23N3O6/c1-5(2)8(12(20)21)14-11(19)9(6(3)17)15-10(18)7(13)4-16/h5-9,16-17H,4,13H2,1-3H3,(H,14,19)(H,15,18)(H,20,21)/t6-,7+,8+,9+/m1/s1. The first-order chi connectivity index (χ1) is 9.61. The lowest BCUT2D eigenvalue weighted by molar-refractivity contribution is -0.144. The van der Waals surface area contributed by atoms with Crippen LogP contribution in [-0.2, 0) is 14.4 Å². The number of nitrogens with two attached hydrogens (primary N) is 1. The Morgan fingerprint density at radius 3 is 1.86 bits per heavy atom. The lowest BCUT2D eigenvalue weighted by Crippen LogP contribution is -2.59. The topological polar surface area (TPSA) is 162 Å². The molecule has 9 heteroatoms. The molecule has 0 unspecified atom stereocenters. The zero-order chi connectivity index (χ0) is 16.7. The summed E-state index contributed by atoms with van der Waals surface area (Å²) >= 11 is 0. The molecule has 0 fully saturated rings. The SMILES string of the molecule is CC(C)[C@H](NC(=O)[C@@H](NC(=O)[C@@H](N)CO)[C@@H](C)O)C(=O)O. The van der Waals surface area contributed by atoms with Crippen LogP contribution in [0.3, 0.4) is 0 Å². The predicted octanol–water partition coefficient (Wildman–Crippen LogP) is -2.60. The first-order valence-corrected chi connectivity index (χ1v) is 6.49. The molecule has 4 atom stereocenters. The van der Waals surface area contributed by atoms with Crippen molar-refractivity contribution in [2.45, 2.75) is 45.0 Å². The van der Waals surface area contributed by atoms with Crippen LogP contribution < -0.4 is 16.4 Å². The highest BCUT2D eigenvalue weighted by Crippen LogP contribution is 2.03. The van der Waals surface area contributed by atoms with Gasteiger partial charge in [-0.15, -0.1) is 0 Å². The lowest BCUT2D eigenvalue weighted by Gasteiger charge is -2.25. The number of hydrogen-bond donors (Lipinski definition) is 6. The molecule has 0 saturated heterocycles. The number of aliphatic hydroxyl groups is 2. The summed E-state index contributed by atoms with van der Waals surface area (Å²) in [4.78, 5) is 34.6. The first kappa shape index (κ1) is 19.3. The summed E-state index contributed by atoms with van der Waals surface area (Å²) in [6, 6.07) is -3.75. The maximum absolute atomic E-state index is 12.0. The number of rotatable bonds is 8. The zero-order valence-corrected chi connectivity index (χ0v) is 12.2. The molecule has 0 aromatic heterocycles. The lowest BCUT2D eigenvalue weighted by atomic mass is 10.0. The number of carbonyl (C=O) groups excluding carboxylic acids is 2. The van der Waals surface area contributed by atoms with Gasteiger partial charge in [0.1, 0.15) is 18.1 Å². The Labute approximate surface area is 122 Å². The Bertz CT molecular complexity index is 385. The van der Waals surface area contributed by atoms with E-state index in [1.807, 2.05) is 0 Å². The molecule has 0 aliphatic heterocycles. The molecule has 0 spiro atoms. The largest absolute Gasteiger partial charge is 0.480 e. The van der Waals surface area contributed by atoms with Crippen LogP contribution in [0.2, 0.25) is 0 Å². The second-order valence-electron chi connectivity index (χ2n) is 5.08. The van der Waals surface area contributed by atoms with Crippen molar-refractivity contribution >= 4 is 17.8 Å². The van der Waals surface area contributed by atoms with Crippen molar-refractivity contribution in [1.29, 1.82) is 0 Å². The maximum Gasteiger partial charge on any atom is 0.326 e. The molecule has 0 rings (SSSR count). The Kier molecular flexibility index (Phi) is 7.85. The van der Waals surface area contributed by atoms with Crippen LogP contribution in [0.15, 0.2) is 0 Å². The van der Waals surface area contributed by atoms with Crippen LogP contribution in [0.4, 0.5) is 0 Å². The van der Waals surface area contributed by atoms with Gasteiger partial charge in [-0.25, -0.2) is 4.79 Å². The molecule has 21 heavy (non-hydrogen) atoms. The third-order valence-corrected chi connectivity index (χ3v) is 2.83. The van der Waals surface area contributed by atoms with Gasteiger partial charge in [0.25, 0.3) is 0 Å². The molecule has 0 aliphatic carbocycles. The average Bonchev–Trinajstić information content (AvgIpc) is 2.39. The zero-order valence-electron chi connectivity index (χ0n) is 12.2. The quantitative estimate of drug-likeness (QED) is 0.286. The molecule has 0 aromatic carbocycles. The summed E-state index contributed by atoms with van der Waals surface area (Å²) in [6.45, 7) is 3.86. The minimum absolute atomic E-state index is 0.378. The highest BCUT2D eigenvalue weighted by atomic mass is 16.4. The van der Waals surface area contributed by atoms with Crippen LogP contribution in [0.1, 0.15) is 20.8 Å². The van der Waals surface area contributed by atoms with Crippen LogP contribution in [0.5, 0.6) is 0 Å². The molecule has 7 N–H and O–H groups in total. The van der Waals surface area contributed by atoms with Gasteiger partial charge in [-0.2, -0.15) is 0 Å². The first-order valence-electron chi connectivity index (χ1n) is 6.49. The van der Waals surface area contributed by atoms with E-state index < -0.39 is 48.6 Å². The molecular weight excluding hydrogens is 282 g/mol. The summed E-state index contributed by atoms with van der Waals surface area (Å²) < 4.78 is 0. The van der Waals surface area contributed by atoms with Crippen LogP contribution >= 0.6 is 0 Å². The monoisotopic (exact) mass is 305 g/mol.